The van der Waals surface area contributed by atoms with Gasteiger partial charge in [-0.1, -0.05) is 6.07 Å². The summed E-state index contributed by atoms with van der Waals surface area (Å²) in [5.74, 6) is 0.129. The largest absolute Gasteiger partial charge is 0.496 e. The van der Waals surface area contributed by atoms with E-state index < -0.39 is 5.97 Å². The van der Waals surface area contributed by atoms with Gasteiger partial charge in [0.05, 0.1) is 27.4 Å². The van der Waals surface area contributed by atoms with Gasteiger partial charge < -0.3 is 24.8 Å². The number of ether oxygens (including phenoxy) is 3. The van der Waals surface area contributed by atoms with Crippen molar-refractivity contribution in [2.75, 3.05) is 40.5 Å². The van der Waals surface area contributed by atoms with Crippen LogP contribution in [0, 0.1) is 0 Å². The van der Waals surface area contributed by atoms with Gasteiger partial charge in [-0.15, -0.1) is 0 Å². The van der Waals surface area contributed by atoms with E-state index in [2.05, 4.69) is 17.6 Å². The molecule has 22 heavy (non-hydrogen) atoms. The fourth-order valence-corrected chi connectivity index (χ4v) is 2.44. The Kier molecular flexibility index (Phi) is 6.18. The molecular formula is C16H24N2O4. The zero-order valence-electron chi connectivity index (χ0n) is 13.3. The topological polar surface area (TPSA) is 68.8 Å². The summed E-state index contributed by atoms with van der Waals surface area (Å²) >= 11 is 0. The highest BCUT2D eigenvalue weighted by Gasteiger charge is 2.17. The van der Waals surface area contributed by atoms with Crippen LogP contribution in [-0.2, 0) is 9.47 Å². The minimum atomic E-state index is -0.396. The normalized spacial score (nSPS) is 19.5. The summed E-state index contributed by atoms with van der Waals surface area (Å²) < 4.78 is 15.5. The molecule has 1 aliphatic rings. The zero-order valence-corrected chi connectivity index (χ0v) is 13.3. The highest BCUT2D eigenvalue weighted by atomic mass is 16.5. The summed E-state index contributed by atoms with van der Waals surface area (Å²) in [7, 11) is 2.91. The SMILES string of the molecule is COC(=O)c1ccc([C@H](C)NCC2COCCN2)cc1OC. The van der Waals surface area contributed by atoms with Gasteiger partial charge in [-0.3, -0.25) is 0 Å². The second-order valence-corrected chi connectivity index (χ2v) is 5.31. The first-order valence-electron chi connectivity index (χ1n) is 7.46. The molecule has 0 aromatic heterocycles. The number of hydrogen-bond acceptors (Lipinski definition) is 6. The fourth-order valence-electron chi connectivity index (χ4n) is 2.44. The van der Waals surface area contributed by atoms with Gasteiger partial charge >= 0.3 is 5.97 Å². The first-order chi connectivity index (χ1) is 10.7. The summed E-state index contributed by atoms with van der Waals surface area (Å²) in [5, 5.41) is 6.88. The molecule has 122 valence electrons. The molecular weight excluding hydrogens is 284 g/mol. The number of hydrogen-bond donors (Lipinski definition) is 2. The molecule has 1 aromatic rings. The fraction of sp³-hybridized carbons (Fsp3) is 0.562. The molecule has 1 aliphatic heterocycles. The quantitative estimate of drug-likeness (QED) is 0.768. The number of rotatable bonds is 6. The van der Waals surface area contributed by atoms with Crippen molar-refractivity contribution in [3.63, 3.8) is 0 Å². The maximum Gasteiger partial charge on any atom is 0.341 e. The molecule has 2 atom stereocenters. The third kappa shape index (κ3) is 4.19. The van der Waals surface area contributed by atoms with Gasteiger partial charge in [-0.05, 0) is 24.6 Å². The monoisotopic (exact) mass is 308 g/mol. The van der Waals surface area contributed by atoms with Crippen LogP contribution in [0.3, 0.4) is 0 Å². The third-order valence-corrected chi connectivity index (χ3v) is 3.80. The van der Waals surface area contributed by atoms with Gasteiger partial charge in [0.2, 0.25) is 0 Å². The van der Waals surface area contributed by atoms with Crippen LogP contribution in [0.2, 0.25) is 0 Å². The standard InChI is InChI=1S/C16H24N2O4/c1-11(18-9-13-10-22-7-6-17-13)12-4-5-14(16(19)21-3)15(8-12)20-2/h4-5,8,11,13,17-18H,6-7,9-10H2,1-3H3/t11-,13?/m0/s1. The van der Waals surface area contributed by atoms with E-state index in [4.69, 9.17) is 14.2 Å². The van der Waals surface area contributed by atoms with E-state index in [1.807, 2.05) is 12.1 Å². The number of methoxy groups -OCH3 is 2. The zero-order chi connectivity index (χ0) is 15.9. The molecule has 0 amide bonds. The van der Waals surface area contributed by atoms with E-state index in [0.29, 0.717) is 17.4 Å². The lowest BCUT2D eigenvalue weighted by Gasteiger charge is -2.26. The van der Waals surface area contributed by atoms with Crippen molar-refractivity contribution in [3.8, 4) is 5.75 Å². The number of esters is 1. The van der Waals surface area contributed by atoms with Crippen LogP contribution >= 0.6 is 0 Å². The maximum atomic E-state index is 11.7. The molecule has 0 saturated carbocycles. The van der Waals surface area contributed by atoms with E-state index in [1.165, 1.54) is 7.11 Å². The summed E-state index contributed by atoms with van der Waals surface area (Å²) in [5.41, 5.74) is 1.49. The van der Waals surface area contributed by atoms with Crippen LogP contribution in [0.25, 0.3) is 0 Å². The van der Waals surface area contributed by atoms with Crippen molar-refractivity contribution in [2.24, 2.45) is 0 Å². The van der Waals surface area contributed by atoms with Crippen LogP contribution in [-0.4, -0.2) is 52.5 Å². The average Bonchev–Trinajstić information content (AvgIpc) is 2.59. The second-order valence-electron chi connectivity index (χ2n) is 5.31. The summed E-state index contributed by atoms with van der Waals surface area (Å²) in [4.78, 5) is 11.7. The van der Waals surface area contributed by atoms with Crippen LogP contribution in [0.5, 0.6) is 5.75 Å². The first-order valence-corrected chi connectivity index (χ1v) is 7.46. The van der Waals surface area contributed by atoms with E-state index >= 15 is 0 Å². The van der Waals surface area contributed by atoms with Crippen molar-refractivity contribution < 1.29 is 19.0 Å². The predicted octanol–water partition coefficient (Wildman–Crippen LogP) is 1.12. The number of morpholine rings is 1. The minimum Gasteiger partial charge on any atom is -0.496 e. The molecule has 1 heterocycles. The van der Waals surface area contributed by atoms with Crippen molar-refractivity contribution in [1.82, 2.24) is 10.6 Å². The molecule has 6 heteroatoms. The Morgan fingerprint density at radius 3 is 2.95 bits per heavy atom. The van der Waals surface area contributed by atoms with Gasteiger partial charge in [-0.25, -0.2) is 4.79 Å². The van der Waals surface area contributed by atoms with E-state index in [-0.39, 0.29) is 6.04 Å². The van der Waals surface area contributed by atoms with Crippen molar-refractivity contribution in [1.29, 1.82) is 0 Å². The third-order valence-electron chi connectivity index (χ3n) is 3.80. The Balaban J connectivity index is 1.99. The molecule has 0 spiro atoms. The van der Waals surface area contributed by atoms with Gasteiger partial charge in [-0.2, -0.15) is 0 Å². The summed E-state index contributed by atoms with van der Waals surface area (Å²) in [6, 6.07) is 5.99. The lowest BCUT2D eigenvalue weighted by atomic mass is 10.0. The number of carbonyl (C=O) groups excluding carboxylic acids is 1. The molecule has 6 nitrogen and oxygen atoms in total. The minimum absolute atomic E-state index is 0.143. The van der Waals surface area contributed by atoms with Gasteiger partial charge in [0.1, 0.15) is 11.3 Å². The average molecular weight is 308 g/mol. The van der Waals surface area contributed by atoms with E-state index in [9.17, 15) is 4.79 Å². The van der Waals surface area contributed by atoms with Crippen LogP contribution in [0.4, 0.5) is 0 Å². The Hall–Kier alpha value is -1.63. The molecule has 1 unspecified atom stereocenters. The lowest BCUT2D eigenvalue weighted by molar-refractivity contribution is 0.0597. The van der Waals surface area contributed by atoms with Crippen molar-refractivity contribution in [2.45, 2.75) is 19.0 Å². The number of nitrogens with one attached hydrogen (secondary N) is 2. The predicted molar refractivity (Wildman–Crippen MR) is 83.4 cm³/mol. The Labute approximate surface area is 131 Å². The second kappa shape index (κ2) is 8.12. The van der Waals surface area contributed by atoms with E-state index in [0.717, 1.165) is 31.9 Å². The van der Waals surface area contributed by atoms with Crippen LogP contribution in [0.15, 0.2) is 18.2 Å². The summed E-state index contributed by atoms with van der Waals surface area (Å²) in [6.07, 6.45) is 0. The van der Waals surface area contributed by atoms with Gasteiger partial charge in [0, 0.05) is 25.2 Å². The summed E-state index contributed by atoms with van der Waals surface area (Å²) in [6.45, 7) is 5.30. The van der Waals surface area contributed by atoms with Crippen LogP contribution < -0.4 is 15.4 Å². The van der Waals surface area contributed by atoms with Crippen molar-refractivity contribution in [3.05, 3.63) is 29.3 Å². The Morgan fingerprint density at radius 1 is 1.50 bits per heavy atom. The first kappa shape index (κ1) is 16.7. The molecule has 1 aromatic carbocycles. The molecule has 1 fully saturated rings. The van der Waals surface area contributed by atoms with E-state index in [1.54, 1.807) is 13.2 Å². The molecule has 1 saturated heterocycles. The highest BCUT2D eigenvalue weighted by molar-refractivity contribution is 5.92. The maximum absolute atomic E-state index is 11.7. The van der Waals surface area contributed by atoms with Gasteiger partial charge in [0.15, 0.2) is 0 Å². The number of carbonyl (C=O) groups is 1. The highest BCUT2D eigenvalue weighted by Crippen LogP contribution is 2.24. The Bertz CT molecular complexity index is 501. The Morgan fingerprint density at radius 2 is 2.32 bits per heavy atom. The smallest absolute Gasteiger partial charge is 0.341 e. The molecule has 0 radical (unpaired) electrons. The lowest BCUT2D eigenvalue weighted by Crippen LogP contribution is -2.47. The molecule has 2 rings (SSSR count). The molecule has 0 bridgehead atoms. The molecule has 2 N–H and O–H groups in total. The van der Waals surface area contributed by atoms with Crippen molar-refractivity contribution >= 4 is 5.97 Å². The molecule has 0 aliphatic carbocycles. The van der Waals surface area contributed by atoms with Crippen LogP contribution in [0.1, 0.15) is 28.9 Å². The van der Waals surface area contributed by atoms with Gasteiger partial charge in [0.25, 0.3) is 0 Å². The number of benzene rings is 1.